The van der Waals surface area contributed by atoms with Crippen molar-refractivity contribution in [3.8, 4) is 11.4 Å². The maximum absolute atomic E-state index is 5.24. The molecule has 2 aromatic heterocycles. The molecule has 3 heterocycles. The van der Waals surface area contributed by atoms with Crippen LogP contribution in [0.5, 0.6) is 0 Å². The number of nitrogens with zero attached hydrogens (tertiary/aromatic N) is 4. The molecule has 0 saturated heterocycles. The first-order chi connectivity index (χ1) is 13.7. The summed E-state index contributed by atoms with van der Waals surface area (Å²) in [5.41, 5.74) is 7.37. The van der Waals surface area contributed by atoms with Crippen molar-refractivity contribution in [2.45, 2.75) is 58.7 Å². The number of oxazole rings is 1. The highest BCUT2D eigenvalue weighted by atomic mass is 16.3. The first kappa shape index (κ1) is 17.7. The van der Waals surface area contributed by atoms with Crippen LogP contribution in [0.3, 0.4) is 0 Å². The Morgan fingerprint density at radius 1 is 1.18 bits per heavy atom. The molecule has 3 aromatic rings. The molecule has 5 nitrogen and oxygen atoms in total. The van der Waals surface area contributed by atoms with Crippen molar-refractivity contribution in [2.24, 2.45) is 5.92 Å². The van der Waals surface area contributed by atoms with Gasteiger partial charge in [0.25, 0.3) is 0 Å². The number of hydrogen-bond donors (Lipinski definition) is 0. The third-order valence-electron chi connectivity index (χ3n) is 6.07. The molecule has 0 spiro atoms. The highest BCUT2D eigenvalue weighted by molar-refractivity contribution is 5.59. The van der Waals surface area contributed by atoms with E-state index in [-0.39, 0.29) is 0 Å². The Kier molecular flexibility index (Phi) is 4.55. The second-order valence-corrected chi connectivity index (χ2v) is 8.63. The number of aromatic nitrogens is 3. The SMILES string of the molecule is CC(C)c1ccc(CN2CCc3c(c(-c4cocn4)nn3CC3CC3)C2)cc1. The van der Waals surface area contributed by atoms with Gasteiger partial charge in [0.2, 0.25) is 0 Å². The van der Waals surface area contributed by atoms with Crippen LogP contribution < -0.4 is 0 Å². The van der Waals surface area contributed by atoms with Crippen molar-refractivity contribution in [3.05, 3.63) is 59.3 Å². The van der Waals surface area contributed by atoms with Crippen LogP contribution in [0.1, 0.15) is 55.0 Å². The Hall–Kier alpha value is -2.40. The Labute approximate surface area is 166 Å². The number of fused-ring (bicyclic) bond motifs is 1. The quantitative estimate of drug-likeness (QED) is 0.629. The van der Waals surface area contributed by atoms with Crippen molar-refractivity contribution >= 4 is 0 Å². The van der Waals surface area contributed by atoms with E-state index in [9.17, 15) is 0 Å². The van der Waals surface area contributed by atoms with Crippen LogP contribution in [0.25, 0.3) is 11.4 Å². The third-order valence-corrected chi connectivity index (χ3v) is 6.07. The Balaban J connectivity index is 1.38. The smallest absolute Gasteiger partial charge is 0.181 e. The van der Waals surface area contributed by atoms with Crippen LogP contribution >= 0.6 is 0 Å². The first-order valence-corrected chi connectivity index (χ1v) is 10.5. The molecule has 1 aromatic carbocycles. The highest BCUT2D eigenvalue weighted by Crippen LogP contribution is 2.35. The van der Waals surface area contributed by atoms with Crippen molar-refractivity contribution in [1.29, 1.82) is 0 Å². The largest absolute Gasteiger partial charge is 0.451 e. The topological polar surface area (TPSA) is 47.1 Å². The Bertz CT molecular complexity index is 936. The van der Waals surface area contributed by atoms with E-state index in [1.165, 1.54) is 41.6 Å². The van der Waals surface area contributed by atoms with Gasteiger partial charge in [-0.3, -0.25) is 9.58 Å². The molecule has 2 aliphatic rings. The van der Waals surface area contributed by atoms with Crippen LogP contribution in [-0.2, 0) is 26.1 Å². The van der Waals surface area contributed by atoms with Gasteiger partial charge in [-0.05, 0) is 35.8 Å². The summed E-state index contributed by atoms with van der Waals surface area (Å²) in [6, 6.07) is 9.09. The van der Waals surface area contributed by atoms with Crippen molar-refractivity contribution < 1.29 is 4.42 Å². The maximum atomic E-state index is 5.24. The lowest BCUT2D eigenvalue weighted by Crippen LogP contribution is -2.31. The van der Waals surface area contributed by atoms with Crippen molar-refractivity contribution in [3.63, 3.8) is 0 Å². The second kappa shape index (κ2) is 7.21. The molecule has 1 fully saturated rings. The molecular formula is C23H28N4O. The van der Waals surface area contributed by atoms with Gasteiger partial charge in [-0.25, -0.2) is 4.98 Å². The predicted molar refractivity (Wildman–Crippen MR) is 109 cm³/mol. The van der Waals surface area contributed by atoms with Crippen LogP contribution in [0, 0.1) is 5.92 Å². The minimum Gasteiger partial charge on any atom is -0.451 e. The van der Waals surface area contributed by atoms with Crippen molar-refractivity contribution in [1.82, 2.24) is 19.7 Å². The fourth-order valence-corrected chi connectivity index (χ4v) is 4.18. The molecule has 0 radical (unpaired) electrons. The van der Waals surface area contributed by atoms with E-state index in [2.05, 4.69) is 52.7 Å². The number of rotatable bonds is 6. The van der Waals surface area contributed by atoms with E-state index >= 15 is 0 Å². The summed E-state index contributed by atoms with van der Waals surface area (Å²) in [5.74, 6) is 1.39. The van der Waals surface area contributed by atoms with Crippen LogP contribution in [0.4, 0.5) is 0 Å². The minimum atomic E-state index is 0.578. The van der Waals surface area contributed by atoms with Crippen molar-refractivity contribution in [2.75, 3.05) is 6.54 Å². The normalized spacial score (nSPS) is 17.2. The van der Waals surface area contributed by atoms with E-state index < -0.39 is 0 Å². The van der Waals surface area contributed by atoms with E-state index in [1.54, 1.807) is 6.26 Å². The molecule has 5 heteroatoms. The fourth-order valence-electron chi connectivity index (χ4n) is 4.18. The maximum Gasteiger partial charge on any atom is 0.181 e. The van der Waals surface area contributed by atoms with Gasteiger partial charge < -0.3 is 4.42 Å². The predicted octanol–water partition coefficient (Wildman–Crippen LogP) is 4.63. The highest BCUT2D eigenvalue weighted by Gasteiger charge is 2.29. The zero-order chi connectivity index (χ0) is 19.1. The first-order valence-electron chi connectivity index (χ1n) is 10.5. The third kappa shape index (κ3) is 3.51. The van der Waals surface area contributed by atoms with Gasteiger partial charge in [-0.1, -0.05) is 38.1 Å². The van der Waals surface area contributed by atoms with Gasteiger partial charge in [-0.15, -0.1) is 0 Å². The number of benzene rings is 1. The molecule has 1 aliphatic carbocycles. The minimum absolute atomic E-state index is 0.578. The molecule has 0 N–H and O–H groups in total. The molecule has 1 aliphatic heterocycles. The monoisotopic (exact) mass is 376 g/mol. The molecule has 5 rings (SSSR count). The van der Waals surface area contributed by atoms with E-state index in [1.807, 2.05) is 0 Å². The molecule has 1 saturated carbocycles. The fraction of sp³-hybridized carbons (Fsp3) is 0.478. The summed E-state index contributed by atoms with van der Waals surface area (Å²) in [5, 5.41) is 4.95. The van der Waals surface area contributed by atoms with Gasteiger partial charge in [0.15, 0.2) is 6.39 Å². The average Bonchev–Trinajstić information content (AvgIpc) is 3.21. The lowest BCUT2D eigenvalue weighted by Gasteiger charge is -2.28. The molecule has 0 amide bonds. The van der Waals surface area contributed by atoms with E-state index in [0.29, 0.717) is 5.92 Å². The van der Waals surface area contributed by atoms with Gasteiger partial charge in [-0.2, -0.15) is 5.10 Å². The molecule has 0 atom stereocenters. The zero-order valence-electron chi connectivity index (χ0n) is 16.8. The van der Waals surface area contributed by atoms with E-state index in [4.69, 9.17) is 9.52 Å². The zero-order valence-corrected chi connectivity index (χ0v) is 16.8. The van der Waals surface area contributed by atoms with Crippen LogP contribution in [0.2, 0.25) is 0 Å². The summed E-state index contributed by atoms with van der Waals surface area (Å²) in [4.78, 5) is 6.90. The van der Waals surface area contributed by atoms with E-state index in [0.717, 1.165) is 49.9 Å². The number of hydrogen-bond acceptors (Lipinski definition) is 4. The second-order valence-electron chi connectivity index (χ2n) is 8.63. The van der Waals surface area contributed by atoms with Gasteiger partial charge in [0, 0.05) is 43.9 Å². The molecule has 0 bridgehead atoms. The molecular weight excluding hydrogens is 348 g/mol. The standard InChI is InChI=1S/C23H28N4O/c1-16(2)19-7-5-17(6-8-19)11-26-10-9-22-20(13-26)23(21-14-28-15-24-21)25-27(22)12-18-3-4-18/h5-8,14-16,18H,3-4,9-13H2,1-2H3. The van der Waals surface area contributed by atoms with Crippen LogP contribution in [-0.4, -0.2) is 26.2 Å². The Morgan fingerprint density at radius 2 is 2.00 bits per heavy atom. The lowest BCUT2D eigenvalue weighted by atomic mass is 10.0. The summed E-state index contributed by atoms with van der Waals surface area (Å²) in [6.07, 6.45) is 6.95. The summed E-state index contributed by atoms with van der Waals surface area (Å²) < 4.78 is 7.50. The molecule has 0 unspecified atom stereocenters. The average molecular weight is 377 g/mol. The van der Waals surface area contributed by atoms with Gasteiger partial charge >= 0.3 is 0 Å². The molecule has 28 heavy (non-hydrogen) atoms. The summed E-state index contributed by atoms with van der Waals surface area (Å²) >= 11 is 0. The Morgan fingerprint density at radius 3 is 2.68 bits per heavy atom. The van der Waals surface area contributed by atoms with Crippen LogP contribution in [0.15, 0.2) is 41.3 Å². The summed E-state index contributed by atoms with van der Waals surface area (Å²) in [7, 11) is 0. The van der Waals surface area contributed by atoms with Gasteiger partial charge in [0.05, 0.1) is 0 Å². The summed E-state index contributed by atoms with van der Waals surface area (Å²) in [6.45, 7) is 8.51. The van der Waals surface area contributed by atoms with Gasteiger partial charge in [0.1, 0.15) is 17.7 Å². The lowest BCUT2D eigenvalue weighted by molar-refractivity contribution is 0.242. The molecule has 146 valence electrons.